The molecule has 2 aromatic rings. The summed E-state index contributed by atoms with van der Waals surface area (Å²) in [6.45, 7) is 7.02. The van der Waals surface area contributed by atoms with Crippen LogP contribution in [0.15, 0.2) is 47.1 Å². The van der Waals surface area contributed by atoms with Gasteiger partial charge in [-0.3, -0.25) is 14.6 Å². The van der Waals surface area contributed by atoms with E-state index in [1.807, 2.05) is 43.3 Å². The summed E-state index contributed by atoms with van der Waals surface area (Å²) in [5, 5.41) is 3.00. The Morgan fingerprint density at radius 3 is 2.52 bits per heavy atom. The van der Waals surface area contributed by atoms with E-state index in [2.05, 4.69) is 15.1 Å². The first-order valence-electron chi connectivity index (χ1n) is 8.03. The van der Waals surface area contributed by atoms with Crippen LogP contribution in [0.4, 0.5) is 5.69 Å². The molecule has 2 heterocycles. The Bertz CT molecular complexity index is 631. The topological polar surface area (TPSA) is 48.7 Å². The van der Waals surface area contributed by atoms with Crippen molar-refractivity contribution in [3.63, 3.8) is 0 Å². The SMILES string of the molecule is Cc1ccccc1NC(=O)CN1CCN(Cc2ccco2)CC1. The van der Waals surface area contributed by atoms with Crippen molar-refractivity contribution in [1.82, 2.24) is 9.80 Å². The van der Waals surface area contributed by atoms with Gasteiger partial charge in [0.15, 0.2) is 0 Å². The standard InChI is InChI=1S/C18H23N3O2/c1-15-5-2-3-7-17(15)19-18(22)14-21-10-8-20(9-11-21)13-16-6-4-12-23-16/h2-7,12H,8-11,13-14H2,1H3,(H,19,22). The maximum absolute atomic E-state index is 12.2. The molecule has 5 nitrogen and oxygen atoms in total. The Morgan fingerprint density at radius 2 is 1.83 bits per heavy atom. The van der Waals surface area contributed by atoms with Crippen molar-refractivity contribution < 1.29 is 9.21 Å². The first-order chi connectivity index (χ1) is 11.2. The van der Waals surface area contributed by atoms with E-state index in [9.17, 15) is 4.79 Å². The van der Waals surface area contributed by atoms with Gasteiger partial charge in [-0.2, -0.15) is 0 Å². The average Bonchev–Trinajstić information content (AvgIpc) is 3.04. The minimum Gasteiger partial charge on any atom is -0.468 e. The van der Waals surface area contributed by atoms with Crippen molar-refractivity contribution in [3.05, 3.63) is 54.0 Å². The van der Waals surface area contributed by atoms with Crippen molar-refractivity contribution in [2.24, 2.45) is 0 Å². The van der Waals surface area contributed by atoms with Crippen LogP contribution >= 0.6 is 0 Å². The number of para-hydroxylation sites is 1. The summed E-state index contributed by atoms with van der Waals surface area (Å²) >= 11 is 0. The first-order valence-corrected chi connectivity index (χ1v) is 8.03. The van der Waals surface area contributed by atoms with Crippen LogP contribution in [0.1, 0.15) is 11.3 Å². The normalized spacial score (nSPS) is 16.4. The largest absolute Gasteiger partial charge is 0.468 e. The molecule has 1 amide bonds. The first kappa shape index (κ1) is 15.8. The van der Waals surface area contributed by atoms with Crippen molar-refractivity contribution in [1.29, 1.82) is 0 Å². The highest BCUT2D eigenvalue weighted by Crippen LogP contribution is 2.13. The maximum Gasteiger partial charge on any atom is 0.238 e. The zero-order valence-electron chi connectivity index (χ0n) is 13.5. The maximum atomic E-state index is 12.2. The van der Waals surface area contributed by atoms with Crippen molar-refractivity contribution in [2.75, 3.05) is 38.0 Å². The molecule has 1 fully saturated rings. The summed E-state index contributed by atoms with van der Waals surface area (Å²) in [5.41, 5.74) is 1.98. The second-order valence-electron chi connectivity index (χ2n) is 5.99. The summed E-state index contributed by atoms with van der Waals surface area (Å²) in [5.74, 6) is 1.05. The van der Waals surface area contributed by atoms with Gasteiger partial charge >= 0.3 is 0 Å². The van der Waals surface area contributed by atoms with Gasteiger partial charge in [0.2, 0.25) is 5.91 Å². The lowest BCUT2D eigenvalue weighted by atomic mass is 10.2. The van der Waals surface area contributed by atoms with E-state index in [0.717, 1.165) is 49.7 Å². The highest BCUT2D eigenvalue weighted by molar-refractivity contribution is 5.92. The second kappa shape index (κ2) is 7.44. The number of benzene rings is 1. The fourth-order valence-corrected chi connectivity index (χ4v) is 2.83. The third kappa shape index (κ3) is 4.43. The van der Waals surface area contributed by atoms with Crippen LogP contribution in [-0.4, -0.2) is 48.4 Å². The highest BCUT2D eigenvalue weighted by atomic mass is 16.3. The minimum absolute atomic E-state index is 0.0544. The molecular weight excluding hydrogens is 290 g/mol. The third-order valence-corrected chi connectivity index (χ3v) is 4.21. The van der Waals surface area contributed by atoms with E-state index in [-0.39, 0.29) is 5.91 Å². The predicted octanol–water partition coefficient (Wildman–Crippen LogP) is 2.34. The Labute approximate surface area is 136 Å². The molecule has 1 aliphatic rings. The Balaban J connectivity index is 1.43. The number of hydrogen-bond acceptors (Lipinski definition) is 4. The molecule has 0 atom stereocenters. The minimum atomic E-state index is 0.0544. The van der Waals surface area contributed by atoms with Gasteiger partial charge in [0.25, 0.3) is 0 Å². The molecule has 1 saturated heterocycles. The zero-order chi connectivity index (χ0) is 16.1. The monoisotopic (exact) mass is 313 g/mol. The molecule has 0 spiro atoms. The molecule has 1 N–H and O–H groups in total. The molecule has 0 unspecified atom stereocenters. The number of anilines is 1. The van der Waals surface area contributed by atoms with Gasteiger partial charge in [0.1, 0.15) is 5.76 Å². The molecule has 3 rings (SSSR count). The fourth-order valence-electron chi connectivity index (χ4n) is 2.83. The van der Waals surface area contributed by atoms with Crippen molar-refractivity contribution in [3.8, 4) is 0 Å². The fraction of sp³-hybridized carbons (Fsp3) is 0.389. The number of hydrogen-bond donors (Lipinski definition) is 1. The molecule has 122 valence electrons. The molecule has 0 radical (unpaired) electrons. The number of nitrogens with zero attached hydrogens (tertiary/aromatic N) is 2. The van der Waals surface area contributed by atoms with Crippen LogP contribution in [0, 0.1) is 6.92 Å². The Kier molecular flexibility index (Phi) is 5.10. The number of rotatable bonds is 5. The summed E-state index contributed by atoms with van der Waals surface area (Å²) in [7, 11) is 0. The molecule has 1 aromatic carbocycles. The van der Waals surface area contributed by atoms with Crippen molar-refractivity contribution >= 4 is 11.6 Å². The Hall–Kier alpha value is -2.11. The Morgan fingerprint density at radius 1 is 1.09 bits per heavy atom. The molecule has 0 bridgehead atoms. The molecule has 1 aromatic heterocycles. The lowest BCUT2D eigenvalue weighted by Gasteiger charge is -2.33. The lowest BCUT2D eigenvalue weighted by Crippen LogP contribution is -2.48. The average molecular weight is 313 g/mol. The summed E-state index contributed by atoms with van der Waals surface area (Å²) < 4.78 is 5.39. The van der Waals surface area contributed by atoms with Crippen molar-refractivity contribution in [2.45, 2.75) is 13.5 Å². The molecule has 23 heavy (non-hydrogen) atoms. The molecule has 0 saturated carbocycles. The number of nitrogens with one attached hydrogen (secondary N) is 1. The van der Waals surface area contributed by atoms with Gasteiger partial charge in [-0.15, -0.1) is 0 Å². The highest BCUT2D eigenvalue weighted by Gasteiger charge is 2.19. The van der Waals surface area contributed by atoms with Crippen LogP contribution in [0.25, 0.3) is 0 Å². The number of carbonyl (C=O) groups excluding carboxylic acids is 1. The van der Waals surface area contributed by atoms with E-state index >= 15 is 0 Å². The van der Waals surface area contributed by atoms with E-state index in [0.29, 0.717) is 6.54 Å². The lowest BCUT2D eigenvalue weighted by molar-refractivity contribution is -0.117. The summed E-state index contributed by atoms with van der Waals surface area (Å²) in [6.07, 6.45) is 1.71. The van der Waals surface area contributed by atoms with Crippen LogP contribution in [0.5, 0.6) is 0 Å². The molecule has 0 aliphatic carbocycles. The number of carbonyl (C=O) groups is 1. The smallest absolute Gasteiger partial charge is 0.238 e. The summed E-state index contributed by atoms with van der Waals surface area (Å²) in [6, 6.07) is 11.8. The number of piperazine rings is 1. The van der Waals surface area contributed by atoms with E-state index in [1.54, 1.807) is 6.26 Å². The van der Waals surface area contributed by atoms with Crippen LogP contribution in [0.2, 0.25) is 0 Å². The molecule has 5 heteroatoms. The number of furan rings is 1. The van der Waals surface area contributed by atoms with Gasteiger partial charge in [-0.05, 0) is 30.7 Å². The summed E-state index contributed by atoms with van der Waals surface area (Å²) in [4.78, 5) is 16.7. The quantitative estimate of drug-likeness (QED) is 0.920. The predicted molar refractivity (Wildman–Crippen MR) is 90.2 cm³/mol. The molecule has 1 aliphatic heterocycles. The second-order valence-corrected chi connectivity index (χ2v) is 5.99. The van der Waals surface area contributed by atoms with Gasteiger partial charge in [-0.25, -0.2) is 0 Å². The van der Waals surface area contributed by atoms with Gasteiger partial charge in [0.05, 0.1) is 19.4 Å². The van der Waals surface area contributed by atoms with Crippen LogP contribution in [0.3, 0.4) is 0 Å². The number of aryl methyl sites for hydroxylation is 1. The molecular formula is C18H23N3O2. The zero-order valence-corrected chi connectivity index (χ0v) is 13.5. The van der Waals surface area contributed by atoms with Gasteiger partial charge < -0.3 is 9.73 Å². The van der Waals surface area contributed by atoms with Gasteiger partial charge in [0, 0.05) is 31.9 Å². The van der Waals surface area contributed by atoms with Crippen LogP contribution in [-0.2, 0) is 11.3 Å². The number of amides is 1. The van der Waals surface area contributed by atoms with E-state index in [1.165, 1.54) is 0 Å². The van der Waals surface area contributed by atoms with E-state index < -0.39 is 0 Å². The van der Waals surface area contributed by atoms with E-state index in [4.69, 9.17) is 4.42 Å². The third-order valence-electron chi connectivity index (χ3n) is 4.21. The van der Waals surface area contributed by atoms with Gasteiger partial charge in [-0.1, -0.05) is 18.2 Å². The van der Waals surface area contributed by atoms with Crippen LogP contribution < -0.4 is 5.32 Å².